The number of nitrogens with zero attached hydrogens (tertiary/aromatic N) is 3. The van der Waals surface area contributed by atoms with Crippen molar-refractivity contribution in [2.75, 3.05) is 50.6 Å². The lowest BCUT2D eigenvalue weighted by Gasteiger charge is -2.36. The van der Waals surface area contributed by atoms with Gasteiger partial charge in [-0.05, 0) is 43.2 Å². The average Bonchev–Trinajstić information content (AvgIpc) is 3.64. The van der Waals surface area contributed by atoms with E-state index >= 15 is 0 Å². The topological polar surface area (TPSA) is 120 Å². The normalized spacial score (nSPS) is 17.1. The van der Waals surface area contributed by atoms with Crippen LogP contribution in [0, 0.1) is 0 Å². The minimum Gasteiger partial charge on any atom is -0.379 e. The highest BCUT2D eigenvalue weighted by atomic mass is 16.5. The van der Waals surface area contributed by atoms with Gasteiger partial charge in [-0.1, -0.05) is 6.07 Å². The third-order valence-electron chi connectivity index (χ3n) is 6.80. The molecular formula is C25H28N6O4. The largest absolute Gasteiger partial charge is 0.379 e. The number of morpholine rings is 1. The maximum atomic E-state index is 13.5. The molecule has 1 aliphatic carbocycles. The second kappa shape index (κ2) is 9.12. The summed E-state index contributed by atoms with van der Waals surface area (Å²) in [5, 5.41) is 6.03. The summed E-state index contributed by atoms with van der Waals surface area (Å²) in [7, 11) is 3.31. The van der Waals surface area contributed by atoms with Gasteiger partial charge in [0.25, 0.3) is 11.8 Å². The van der Waals surface area contributed by atoms with Crippen LogP contribution in [0.3, 0.4) is 0 Å². The summed E-state index contributed by atoms with van der Waals surface area (Å²) in [5.41, 5.74) is 1.43. The molecule has 182 valence electrons. The van der Waals surface area contributed by atoms with Gasteiger partial charge >= 0.3 is 0 Å². The molecule has 35 heavy (non-hydrogen) atoms. The van der Waals surface area contributed by atoms with Crippen molar-refractivity contribution >= 4 is 40.1 Å². The quantitative estimate of drug-likeness (QED) is 0.501. The van der Waals surface area contributed by atoms with E-state index in [1.807, 2.05) is 12.1 Å². The Kier molecular flexibility index (Phi) is 6.00. The number of nitrogens with one attached hydrogen (secondary N) is 3. The van der Waals surface area contributed by atoms with Crippen LogP contribution in [0.25, 0.3) is 10.9 Å². The first-order valence-electron chi connectivity index (χ1n) is 11.7. The molecule has 0 bridgehead atoms. The zero-order chi connectivity index (χ0) is 24.6. The molecule has 3 aromatic rings. The van der Waals surface area contributed by atoms with Gasteiger partial charge in [0.15, 0.2) is 0 Å². The molecule has 2 fully saturated rings. The van der Waals surface area contributed by atoms with Crippen LogP contribution in [-0.2, 0) is 9.53 Å². The summed E-state index contributed by atoms with van der Waals surface area (Å²) in [6, 6.07) is 10.5. The van der Waals surface area contributed by atoms with Crippen molar-refractivity contribution in [2.24, 2.45) is 0 Å². The molecule has 1 aromatic carbocycles. The Hall–Kier alpha value is -3.76. The third kappa shape index (κ3) is 4.15. The van der Waals surface area contributed by atoms with E-state index in [0.717, 1.165) is 25.9 Å². The van der Waals surface area contributed by atoms with Gasteiger partial charge in [-0.15, -0.1) is 0 Å². The van der Waals surface area contributed by atoms with E-state index < -0.39 is 11.4 Å². The van der Waals surface area contributed by atoms with Crippen LogP contribution in [0.1, 0.15) is 33.7 Å². The van der Waals surface area contributed by atoms with Crippen molar-refractivity contribution in [1.29, 1.82) is 0 Å². The fraction of sp³-hybridized carbons (Fsp3) is 0.360. The standard InChI is InChI=1S/C25H28N6O4/c1-26-23(33)20-17-7-6-16(30(2)24(34)25(8-9-25)31-11-13-35-14-12-31)15-19(17)28-21(20)29-22(32)18-5-3-4-10-27-18/h3-7,10,15,28H,8-9,11-14H2,1-2H3,(H,26,33)(H,29,32). The maximum absolute atomic E-state index is 13.5. The predicted molar refractivity (Wildman–Crippen MR) is 132 cm³/mol. The van der Waals surface area contributed by atoms with E-state index in [4.69, 9.17) is 4.74 Å². The fourth-order valence-electron chi connectivity index (χ4n) is 4.73. The van der Waals surface area contributed by atoms with E-state index in [1.165, 1.54) is 13.2 Å². The average molecular weight is 477 g/mol. The summed E-state index contributed by atoms with van der Waals surface area (Å²) in [6.45, 7) is 2.79. The van der Waals surface area contributed by atoms with Crippen LogP contribution < -0.4 is 15.5 Å². The molecule has 0 radical (unpaired) electrons. The lowest BCUT2D eigenvalue weighted by Crippen LogP contribution is -2.53. The molecule has 0 atom stereocenters. The minimum absolute atomic E-state index is 0.0560. The SMILES string of the molecule is CNC(=O)c1c(NC(=O)c2ccccn2)[nH]c2cc(N(C)C(=O)C3(N4CCOCC4)CC3)ccc12. The van der Waals surface area contributed by atoms with Gasteiger partial charge in [-0.25, -0.2) is 0 Å². The van der Waals surface area contributed by atoms with E-state index in [2.05, 4.69) is 25.5 Å². The minimum atomic E-state index is -0.460. The Bertz CT molecular complexity index is 1280. The first-order valence-corrected chi connectivity index (χ1v) is 11.7. The molecule has 3 heterocycles. The van der Waals surface area contributed by atoms with Crippen LogP contribution in [-0.4, -0.2) is 78.5 Å². The van der Waals surface area contributed by atoms with Crippen LogP contribution in [0.5, 0.6) is 0 Å². The summed E-state index contributed by atoms with van der Waals surface area (Å²) in [6.07, 6.45) is 3.21. The zero-order valence-electron chi connectivity index (χ0n) is 19.8. The molecule has 2 aromatic heterocycles. The lowest BCUT2D eigenvalue weighted by atomic mass is 10.1. The Labute approximate surface area is 202 Å². The monoisotopic (exact) mass is 476 g/mol. The Balaban J connectivity index is 1.45. The highest BCUT2D eigenvalue weighted by Gasteiger charge is 2.55. The number of hydrogen-bond donors (Lipinski definition) is 3. The van der Waals surface area contributed by atoms with Gasteiger partial charge in [0.1, 0.15) is 17.1 Å². The van der Waals surface area contributed by atoms with Crippen molar-refractivity contribution < 1.29 is 19.1 Å². The number of fused-ring (bicyclic) bond motifs is 1. The number of ether oxygens (including phenoxy) is 1. The number of aromatic amines is 1. The van der Waals surface area contributed by atoms with Gasteiger partial charge < -0.3 is 25.3 Å². The van der Waals surface area contributed by atoms with Crippen molar-refractivity contribution in [3.8, 4) is 0 Å². The smallest absolute Gasteiger partial charge is 0.275 e. The van der Waals surface area contributed by atoms with Gasteiger partial charge in [0, 0.05) is 50.0 Å². The van der Waals surface area contributed by atoms with Crippen LogP contribution in [0.15, 0.2) is 42.6 Å². The number of likely N-dealkylation sites (N-methyl/N-ethyl adjacent to an activating group) is 1. The first-order chi connectivity index (χ1) is 16.9. The first kappa shape index (κ1) is 23.0. The van der Waals surface area contributed by atoms with Gasteiger partial charge in [0.2, 0.25) is 5.91 Å². The molecule has 10 nitrogen and oxygen atoms in total. The fourth-order valence-corrected chi connectivity index (χ4v) is 4.73. The van der Waals surface area contributed by atoms with Crippen molar-refractivity contribution in [3.05, 3.63) is 53.9 Å². The molecule has 3 N–H and O–H groups in total. The Morgan fingerprint density at radius 3 is 2.54 bits per heavy atom. The number of carbonyl (C=O) groups excluding carboxylic acids is 3. The third-order valence-corrected chi connectivity index (χ3v) is 6.80. The van der Waals surface area contributed by atoms with Crippen LogP contribution in [0.2, 0.25) is 0 Å². The van der Waals surface area contributed by atoms with Gasteiger partial charge in [0.05, 0.1) is 18.8 Å². The zero-order valence-corrected chi connectivity index (χ0v) is 19.8. The number of carbonyl (C=O) groups is 3. The number of pyridine rings is 1. The van der Waals surface area contributed by atoms with E-state index in [-0.39, 0.29) is 23.3 Å². The molecule has 1 saturated heterocycles. The number of benzene rings is 1. The van der Waals surface area contributed by atoms with E-state index in [0.29, 0.717) is 35.4 Å². The molecule has 0 spiro atoms. The number of anilines is 2. The van der Waals surface area contributed by atoms with Crippen molar-refractivity contribution in [1.82, 2.24) is 20.2 Å². The number of H-pyrrole nitrogens is 1. The maximum Gasteiger partial charge on any atom is 0.275 e. The molecule has 1 aliphatic heterocycles. The van der Waals surface area contributed by atoms with Crippen molar-refractivity contribution in [2.45, 2.75) is 18.4 Å². The number of aromatic nitrogens is 2. The number of hydrogen-bond acceptors (Lipinski definition) is 6. The summed E-state index contributed by atoms with van der Waals surface area (Å²) in [5.74, 6) is -0.446. The Morgan fingerprint density at radius 1 is 1.11 bits per heavy atom. The molecular weight excluding hydrogens is 448 g/mol. The molecule has 10 heteroatoms. The lowest BCUT2D eigenvalue weighted by molar-refractivity contribution is -0.127. The second-order valence-electron chi connectivity index (χ2n) is 8.85. The summed E-state index contributed by atoms with van der Waals surface area (Å²) >= 11 is 0. The molecule has 0 unspecified atom stereocenters. The van der Waals surface area contributed by atoms with Crippen LogP contribution in [0.4, 0.5) is 11.5 Å². The number of amides is 3. The van der Waals surface area contributed by atoms with Crippen molar-refractivity contribution in [3.63, 3.8) is 0 Å². The van der Waals surface area contributed by atoms with E-state index in [1.54, 1.807) is 36.2 Å². The number of rotatable bonds is 6. The van der Waals surface area contributed by atoms with Crippen LogP contribution >= 0.6 is 0 Å². The second-order valence-corrected chi connectivity index (χ2v) is 8.85. The van der Waals surface area contributed by atoms with E-state index in [9.17, 15) is 14.4 Å². The molecule has 1 saturated carbocycles. The molecule has 2 aliphatic rings. The summed E-state index contributed by atoms with van der Waals surface area (Å²) in [4.78, 5) is 50.0. The highest BCUT2D eigenvalue weighted by Crippen LogP contribution is 2.44. The van der Waals surface area contributed by atoms with Gasteiger partial charge in [-0.3, -0.25) is 24.3 Å². The molecule has 5 rings (SSSR count). The van der Waals surface area contributed by atoms with Gasteiger partial charge in [-0.2, -0.15) is 0 Å². The highest BCUT2D eigenvalue weighted by molar-refractivity contribution is 6.16. The predicted octanol–water partition coefficient (Wildman–Crippen LogP) is 2.00. The Morgan fingerprint density at radius 2 is 1.89 bits per heavy atom. The molecule has 3 amide bonds. The summed E-state index contributed by atoms with van der Waals surface area (Å²) < 4.78 is 5.46.